The van der Waals surface area contributed by atoms with E-state index in [0.717, 1.165) is 35.7 Å². The zero-order valence-electron chi connectivity index (χ0n) is 19.9. The molecule has 8 heteroatoms. The third kappa shape index (κ3) is 6.61. The molecule has 3 aromatic rings. The van der Waals surface area contributed by atoms with Gasteiger partial charge in [-0.05, 0) is 53.9 Å². The van der Waals surface area contributed by atoms with E-state index in [1.54, 1.807) is 31.4 Å². The fourth-order valence-corrected chi connectivity index (χ4v) is 5.13. The first-order valence-corrected chi connectivity index (χ1v) is 13.2. The Balaban J connectivity index is 1.24. The van der Waals surface area contributed by atoms with Crippen LogP contribution in [0, 0.1) is 0 Å². The van der Waals surface area contributed by atoms with Gasteiger partial charge in [0.05, 0.1) is 12.0 Å². The maximum Gasteiger partial charge on any atom is 0.240 e. The van der Waals surface area contributed by atoms with Crippen LogP contribution in [0.2, 0.25) is 0 Å². The van der Waals surface area contributed by atoms with Crippen LogP contribution in [0.25, 0.3) is 0 Å². The van der Waals surface area contributed by atoms with Gasteiger partial charge in [-0.3, -0.25) is 4.79 Å². The molecular weight excluding hydrogens is 462 g/mol. The van der Waals surface area contributed by atoms with Gasteiger partial charge >= 0.3 is 0 Å². The number of piperazine rings is 1. The van der Waals surface area contributed by atoms with Crippen LogP contribution in [-0.2, 0) is 27.8 Å². The molecule has 0 unspecified atom stereocenters. The van der Waals surface area contributed by atoms with Crippen molar-refractivity contribution in [3.05, 3.63) is 90.0 Å². The Kier molecular flexibility index (Phi) is 8.05. The van der Waals surface area contributed by atoms with Gasteiger partial charge in [0.2, 0.25) is 15.9 Å². The van der Waals surface area contributed by atoms with Gasteiger partial charge in [-0.25, -0.2) is 13.1 Å². The van der Waals surface area contributed by atoms with Crippen molar-refractivity contribution in [2.24, 2.45) is 0 Å². The molecule has 7 nitrogen and oxygen atoms in total. The standard InChI is InChI=1S/C27H31N3O4S/c1-34-25-12-10-24(11-13-25)29-17-19-30(20-18-29)27(31)16-9-22-7-14-26(15-8-22)35(32,33)28-21-23-5-3-2-4-6-23/h2-8,10-15,28H,9,16-21H2,1H3. The Morgan fingerprint density at radius 3 is 2.14 bits per heavy atom. The lowest BCUT2D eigenvalue weighted by atomic mass is 10.1. The van der Waals surface area contributed by atoms with E-state index in [9.17, 15) is 13.2 Å². The first kappa shape index (κ1) is 24.8. The summed E-state index contributed by atoms with van der Waals surface area (Å²) >= 11 is 0. The Hall–Kier alpha value is -3.36. The smallest absolute Gasteiger partial charge is 0.240 e. The maximum atomic E-state index is 12.7. The van der Waals surface area contributed by atoms with Crippen molar-refractivity contribution in [2.45, 2.75) is 24.3 Å². The number of carbonyl (C=O) groups excluding carboxylic acids is 1. The molecular formula is C27H31N3O4S. The lowest BCUT2D eigenvalue weighted by Gasteiger charge is -2.36. The minimum absolute atomic E-state index is 0.126. The number of nitrogens with zero attached hydrogens (tertiary/aromatic N) is 2. The lowest BCUT2D eigenvalue weighted by molar-refractivity contribution is -0.131. The molecule has 1 fully saturated rings. The minimum atomic E-state index is -3.59. The number of aryl methyl sites for hydroxylation is 1. The predicted octanol–water partition coefficient (Wildman–Crippen LogP) is 3.46. The predicted molar refractivity (Wildman–Crippen MR) is 137 cm³/mol. The highest BCUT2D eigenvalue weighted by Crippen LogP contribution is 2.21. The Morgan fingerprint density at radius 2 is 1.51 bits per heavy atom. The van der Waals surface area contributed by atoms with Crippen molar-refractivity contribution in [2.75, 3.05) is 38.2 Å². The number of hydrogen-bond donors (Lipinski definition) is 1. The van der Waals surface area contributed by atoms with Crippen LogP contribution in [0.4, 0.5) is 5.69 Å². The van der Waals surface area contributed by atoms with Gasteiger partial charge in [0.25, 0.3) is 0 Å². The SMILES string of the molecule is COc1ccc(N2CCN(C(=O)CCc3ccc(S(=O)(=O)NCc4ccccc4)cc3)CC2)cc1. The van der Waals surface area contributed by atoms with Crippen LogP contribution in [0.15, 0.2) is 83.8 Å². The number of rotatable bonds is 9. The Morgan fingerprint density at radius 1 is 0.857 bits per heavy atom. The number of hydrogen-bond acceptors (Lipinski definition) is 5. The topological polar surface area (TPSA) is 79.0 Å². The summed E-state index contributed by atoms with van der Waals surface area (Å²) in [4.78, 5) is 17.1. The molecule has 1 N–H and O–H groups in total. The first-order valence-electron chi connectivity index (χ1n) is 11.7. The highest BCUT2D eigenvalue weighted by Gasteiger charge is 2.21. The minimum Gasteiger partial charge on any atom is -0.497 e. The zero-order valence-corrected chi connectivity index (χ0v) is 20.7. The van der Waals surface area contributed by atoms with E-state index in [0.29, 0.717) is 25.9 Å². The number of methoxy groups -OCH3 is 1. The molecule has 3 aromatic carbocycles. The highest BCUT2D eigenvalue weighted by molar-refractivity contribution is 7.89. The maximum absolute atomic E-state index is 12.7. The number of nitrogens with one attached hydrogen (secondary N) is 1. The molecule has 35 heavy (non-hydrogen) atoms. The molecule has 0 atom stereocenters. The fraction of sp³-hybridized carbons (Fsp3) is 0.296. The number of benzene rings is 3. The van der Waals surface area contributed by atoms with Crippen LogP contribution in [0.3, 0.4) is 0 Å². The second kappa shape index (κ2) is 11.4. The van der Waals surface area contributed by atoms with Gasteiger partial charge in [-0.1, -0.05) is 42.5 Å². The van der Waals surface area contributed by atoms with Crippen molar-refractivity contribution < 1.29 is 17.9 Å². The van der Waals surface area contributed by atoms with Gasteiger partial charge in [0.1, 0.15) is 5.75 Å². The van der Waals surface area contributed by atoms with Crippen molar-refractivity contribution in [3.63, 3.8) is 0 Å². The summed E-state index contributed by atoms with van der Waals surface area (Å²) in [6, 6.07) is 24.1. The van der Waals surface area contributed by atoms with Crippen molar-refractivity contribution >= 4 is 21.6 Å². The summed E-state index contributed by atoms with van der Waals surface area (Å²) in [5.74, 6) is 0.956. The van der Waals surface area contributed by atoms with E-state index in [-0.39, 0.29) is 17.3 Å². The van der Waals surface area contributed by atoms with E-state index in [1.165, 1.54) is 0 Å². The first-order chi connectivity index (χ1) is 16.9. The van der Waals surface area contributed by atoms with Crippen LogP contribution in [0.5, 0.6) is 5.75 Å². The molecule has 1 saturated heterocycles. The van der Waals surface area contributed by atoms with E-state index in [2.05, 4.69) is 9.62 Å². The van der Waals surface area contributed by atoms with Gasteiger partial charge in [-0.2, -0.15) is 0 Å². The van der Waals surface area contributed by atoms with Crippen LogP contribution < -0.4 is 14.4 Å². The molecule has 0 aliphatic carbocycles. The summed E-state index contributed by atoms with van der Waals surface area (Å²) in [5, 5.41) is 0. The number of amides is 1. The summed E-state index contributed by atoms with van der Waals surface area (Å²) < 4.78 is 33.0. The molecule has 0 spiro atoms. The molecule has 0 radical (unpaired) electrons. The molecule has 4 rings (SSSR count). The van der Waals surface area contributed by atoms with Gasteiger partial charge in [0, 0.05) is 44.8 Å². The molecule has 1 aliphatic rings. The quantitative estimate of drug-likeness (QED) is 0.494. The summed E-state index contributed by atoms with van der Waals surface area (Å²) in [5.41, 5.74) is 2.97. The normalized spacial score (nSPS) is 14.1. The largest absolute Gasteiger partial charge is 0.497 e. The number of carbonyl (C=O) groups is 1. The average molecular weight is 494 g/mol. The van der Waals surface area contributed by atoms with Crippen LogP contribution in [0.1, 0.15) is 17.5 Å². The van der Waals surface area contributed by atoms with Crippen LogP contribution in [-0.4, -0.2) is 52.5 Å². The van der Waals surface area contributed by atoms with E-state index in [1.807, 2.05) is 59.5 Å². The van der Waals surface area contributed by atoms with Gasteiger partial charge in [-0.15, -0.1) is 0 Å². The molecule has 1 amide bonds. The lowest BCUT2D eigenvalue weighted by Crippen LogP contribution is -2.48. The molecule has 1 aliphatic heterocycles. The number of ether oxygens (including phenoxy) is 1. The van der Waals surface area contributed by atoms with Crippen molar-refractivity contribution in [1.82, 2.24) is 9.62 Å². The van der Waals surface area contributed by atoms with Crippen LogP contribution >= 0.6 is 0 Å². The number of anilines is 1. The zero-order chi connectivity index (χ0) is 24.7. The molecule has 0 aromatic heterocycles. The third-order valence-electron chi connectivity index (χ3n) is 6.24. The average Bonchev–Trinajstić information content (AvgIpc) is 2.91. The van der Waals surface area contributed by atoms with E-state index in [4.69, 9.17) is 4.74 Å². The molecule has 184 valence electrons. The Bertz CT molecular complexity index is 1210. The van der Waals surface area contributed by atoms with E-state index >= 15 is 0 Å². The third-order valence-corrected chi connectivity index (χ3v) is 7.66. The van der Waals surface area contributed by atoms with Crippen molar-refractivity contribution in [3.8, 4) is 5.75 Å². The molecule has 0 bridgehead atoms. The van der Waals surface area contributed by atoms with Crippen molar-refractivity contribution in [1.29, 1.82) is 0 Å². The number of sulfonamides is 1. The summed E-state index contributed by atoms with van der Waals surface area (Å²) in [6.45, 7) is 3.20. The molecule has 1 heterocycles. The summed E-state index contributed by atoms with van der Waals surface area (Å²) in [6.07, 6.45) is 0.982. The molecule has 0 saturated carbocycles. The Labute approximate surface area is 207 Å². The fourth-order valence-electron chi connectivity index (χ4n) is 4.11. The second-order valence-corrected chi connectivity index (χ2v) is 10.3. The highest BCUT2D eigenvalue weighted by atomic mass is 32.2. The summed E-state index contributed by atoms with van der Waals surface area (Å²) in [7, 11) is -1.94. The van der Waals surface area contributed by atoms with E-state index < -0.39 is 10.0 Å². The monoisotopic (exact) mass is 493 g/mol. The van der Waals surface area contributed by atoms with Gasteiger partial charge < -0.3 is 14.5 Å². The second-order valence-electron chi connectivity index (χ2n) is 8.52. The van der Waals surface area contributed by atoms with Gasteiger partial charge in [0.15, 0.2) is 0 Å².